The monoisotopic (exact) mass is 342 g/mol. The average Bonchev–Trinajstić information content (AvgIpc) is 2.48. The van der Waals surface area contributed by atoms with E-state index in [4.69, 9.17) is 9.47 Å². The highest BCUT2D eigenvalue weighted by Gasteiger charge is 2.47. The molecule has 2 unspecified atom stereocenters. The molecule has 20 heavy (non-hydrogen) atoms. The van der Waals surface area contributed by atoms with Gasteiger partial charge in [0.15, 0.2) is 0 Å². The maximum atomic E-state index is 9.90. The lowest BCUT2D eigenvalue weighted by Gasteiger charge is -2.28. The van der Waals surface area contributed by atoms with Crippen molar-refractivity contribution in [2.24, 2.45) is 0 Å². The van der Waals surface area contributed by atoms with Crippen molar-refractivity contribution in [3.05, 3.63) is 28.2 Å². The zero-order valence-electron chi connectivity index (χ0n) is 12.7. The summed E-state index contributed by atoms with van der Waals surface area (Å²) < 4.78 is 13.1. The van der Waals surface area contributed by atoms with Gasteiger partial charge in [-0.15, -0.1) is 0 Å². The highest BCUT2D eigenvalue weighted by molar-refractivity contribution is 9.10. The summed E-state index contributed by atoms with van der Waals surface area (Å²) in [5.74, 6) is 0.725. The van der Waals surface area contributed by atoms with Crippen molar-refractivity contribution in [1.82, 2.24) is 0 Å². The molecular formula is C16H23BrO3. The number of hydrogen-bond acceptors (Lipinski definition) is 3. The average molecular weight is 343 g/mol. The van der Waals surface area contributed by atoms with Crippen molar-refractivity contribution < 1.29 is 14.6 Å². The second-order valence-corrected chi connectivity index (χ2v) is 7.55. The third-order valence-corrected chi connectivity index (χ3v) is 4.18. The Morgan fingerprint density at radius 1 is 1.35 bits per heavy atom. The van der Waals surface area contributed by atoms with Gasteiger partial charge in [-0.3, -0.25) is 0 Å². The van der Waals surface area contributed by atoms with Crippen LogP contribution >= 0.6 is 15.9 Å². The maximum absolute atomic E-state index is 9.90. The molecule has 3 nitrogen and oxygen atoms in total. The Bertz CT molecular complexity index is 494. The Labute approximate surface area is 129 Å². The van der Waals surface area contributed by atoms with Crippen LogP contribution in [0.4, 0.5) is 0 Å². The fourth-order valence-electron chi connectivity index (χ4n) is 2.80. The molecule has 112 valence electrons. The molecule has 0 amide bonds. The maximum Gasteiger partial charge on any atom is 0.130 e. The first-order valence-electron chi connectivity index (χ1n) is 6.95. The van der Waals surface area contributed by atoms with Gasteiger partial charge in [-0.1, -0.05) is 15.9 Å². The number of rotatable bonds is 3. The predicted molar refractivity (Wildman–Crippen MR) is 83.1 cm³/mol. The predicted octanol–water partition coefficient (Wildman–Crippen LogP) is 4.23. The van der Waals surface area contributed by atoms with Crippen molar-refractivity contribution in [3.8, 4) is 5.75 Å². The number of ether oxygens (including phenoxy) is 2. The molecule has 0 aromatic heterocycles. The van der Waals surface area contributed by atoms with E-state index in [1.807, 2.05) is 32.0 Å². The molecule has 1 aromatic carbocycles. The fourth-order valence-corrected chi connectivity index (χ4v) is 3.18. The molecule has 1 aliphatic heterocycles. The molecule has 0 aliphatic carbocycles. The highest BCUT2D eigenvalue weighted by Crippen LogP contribution is 2.41. The highest BCUT2D eigenvalue weighted by atomic mass is 79.9. The third-order valence-electron chi connectivity index (χ3n) is 3.68. The van der Waals surface area contributed by atoms with E-state index in [0.717, 1.165) is 22.2 Å². The van der Waals surface area contributed by atoms with E-state index in [1.54, 1.807) is 6.92 Å². The molecule has 0 spiro atoms. The fraction of sp³-hybridized carbons (Fsp3) is 0.625. The lowest BCUT2D eigenvalue weighted by atomic mass is 9.97. The lowest BCUT2D eigenvalue weighted by molar-refractivity contribution is -0.0848. The summed E-state index contributed by atoms with van der Waals surface area (Å²) in [5.41, 5.74) is 0.265. The second-order valence-electron chi connectivity index (χ2n) is 6.63. The van der Waals surface area contributed by atoms with Crippen LogP contribution in [0.1, 0.15) is 52.7 Å². The molecule has 0 saturated carbocycles. The van der Waals surface area contributed by atoms with Gasteiger partial charge in [0.1, 0.15) is 17.5 Å². The van der Waals surface area contributed by atoms with Crippen molar-refractivity contribution in [2.75, 3.05) is 0 Å². The summed E-state index contributed by atoms with van der Waals surface area (Å²) in [4.78, 5) is 0. The molecule has 1 heterocycles. The Hall–Kier alpha value is -0.580. The van der Waals surface area contributed by atoms with Gasteiger partial charge in [-0.2, -0.15) is 0 Å². The molecule has 1 aliphatic rings. The van der Waals surface area contributed by atoms with Crippen molar-refractivity contribution in [3.63, 3.8) is 0 Å². The molecule has 1 aromatic rings. The topological polar surface area (TPSA) is 38.7 Å². The smallest absolute Gasteiger partial charge is 0.130 e. The van der Waals surface area contributed by atoms with Gasteiger partial charge >= 0.3 is 0 Å². The van der Waals surface area contributed by atoms with E-state index < -0.39 is 6.10 Å². The first-order valence-corrected chi connectivity index (χ1v) is 7.74. The number of aliphatic hydroxyl groups is 1. The van der Waals surface area contributed by atoms with Crippen LogP contribution in [0.2, 0.25) is 0 Å². The van der Waals surface area contributed by atoms with Crippen molar-refractivity contribution in [1.29, 1.82) is 0 Å². The second kappa shape index (κ2) is 5.32. The molecule has 1 fully saturated rings. The van der Waals surface area contributed by atoms with Gasteiger partial charge in [0.25, 0.3) is 0 Å². The standard InChI is InChI=1S/C16H23BrO3/c1-10(18)12-8-11(17)6-7-13(12)19-14-9-15(2,3)20-16(14,4)5/h6-8,10,14,18H,9H2,1-5H3. The van der Waals surface area contributed by atoms with Gasteiger partial charge in [0.05, 0.1) is 11.7 Å². The molecular weight excluding hydrogens is 320 g/mol. The summed E-state index contributed by atoms with van der Waals surface area (Å²) >= 11 is 3.43. The SMILES string of the molecule is CC(O)c1cc(Br)ccc1OC1CC(C)(C)OC1(C)C. The largest absolute Gasteiger partial charge is 0.487 e. The van der Waals surface area contributed by atoms with E-state index in [1.165, 1.54) is 0 Å². The van der Waals surface area contributed by atoms with E-state index >= 15 is 0 Å². The van der Waals surface area contributed by atoms with Gasteiger partial charge in [-0.25, -0.2) is 0 Å². The summed E-state index contributed by atoms with van der Waals surface area (Å²) in [6.07, 6.45) is 0.229. The van der Waals surface area contributed by atoms with Crippen LogP contribution in [0.15, 0.2) is 22.7 Å². The molecule has 1 saturated heterocycles. The zero-order chi connectivity index (χ0) is 15.1. The molecule has 1 N–H and O–H groups in total. The number of aliphatic hydroxyl groups excluding tert-OH is 1. The minimum absolute atomic E-state index is 0.0313. The van der Waals surface area contributed by atoms with Gasteiger partial charge < -0.3 is 14.6 Å². The Morgan fingerprint density at radius 2 is 2.00 bits per heavy atom. The molecule has 2 rings (SSSR count). The van der Waals surface area contributed by atoms with E-state index in [9.17, 15) is 5.11 Å². The zero-order valence-corrected chi connectivity index (χ0v) is 14.3. The Morgan fingerprint density at radius 3 is 2.50 bits per heavy atom. The summed E-state index contributed by atoms with van der Waals surface area (Å²) in [5, 5.41) is 9.90. The molecule has 0 radical (unpaired) electrons. The van der Waals surface area contributed by atoms with Gasteiger partial charge in [-0.05, 0) is 52.8 Å². The number of hydrogen-bond donors (Lipinski definition) is 1. The number of halogens is 1. The normalized spacial score (nSPS) is 25.4. The van der Waals surface area contributed by atoms with Gasteiger partial charge in [0.2, 0.25) is 0 Å². The van der Waals surface area contributed by atoms with Crippen molar-refractivity contribution >= 4 is 15.9 Å². The molecule has 2 atom stereocenters. The number of benzene rings is 1. The van der Waals surface area contributed by atoms with E-state index in [-0.39, 0.29) is 17.3 Å². The molecule has 4 heteroatoms. The first kappa shape index (κ1) is 15.8. The summed E-state index contributed by atoms with van der Waals surface area (Å²) in [6, 6.07) is 5.72. The Kier molecular flexibility index (Phi) is 4.20. The lowest BCUT2D eigenvalue weighted by Crippen LogP contribution is -2.37. The van der Waals surface area contributed by atoms with Crippen LogP contribution in [0.5, 0.6) is 5.75 Å². The van der Waals surface area contributed by atoms with E-state index in [2.05, 4.69) is 29.8 Å². The summed E-state index contributed by atoms with van der Waals surface area (Å²) in [7, 11) is 0. The van der Waals surface area contributed by atoms with Crippen LogP contribution in [0.3, 0.4) is 0 Å². The van der Waals surface area contributed by atoms with E-state index in [0.29, 0.717) is 0 Å². The van der Waals surface area contributed by atoms with Crippen LogP contribution in [0.25, 0.3) is 0 Å². The van der Waals surface area contributed by atoms with Crippen LogP contribution < -0.4 is 4.74 Å². The quantitative estimate of drug-likeness (QED) is 0.893. The minimum Gasteiger partial charge on any atom is -0.487 e. The van der Waals surface area contributed by atoms with Crippen molar-refractivity contribution in [2.45, 2.75) is 64.4 Å². The van der Waals surface area contributed by atoms with Crippen LogP contribution in [-0.4, -0.2) is 22.4 Å². The molecule has 0 bridgehead atoms. The third kappa shape index (κ3) is 3.35. The minimum atomic E-state index is -0.569. The van der Waals surface area contributed by atoms with Crippen LogP contribution in [0, 0.1) is 0 Å². The summed E-state index contributed by atoms with van der Waals surface area (Å²) in [6.45, 7) is 10.0. The first-order chi connectivity index (χ1) is 9.11. The van der Waals surface area contributed by atoms with Gasteiger partial charge in [0, 0.05) is 16.5 Å². The van der Waals surface area contributed by atoms with Crippen LogP contribution in [-0.2, 0) is 4.74 Å². The Balaban J connectivity index is 2.27.